The van der Waals surface area contributed by atoms with Gasteiger partial charge >= 0.3 is 0 Å². The number of hydrogen-bond acceptors (Lipinski definition) is 4. The molecule has 1 amide bonds. The van der Waals surface area contributed by atoms with Crippen LogP contribution in [0.1, 0.15) is 20.3 Å². The lowest BCUT2D eigenvalue weighted by Crippen LogP contribution is -2.52. The molecule has 1 aromatic carbocycles. The number of carbonyl (C=O) groups excluding carboxylic acids is 1. The van der Waals surface area contributed by atoms with Crippen LogP contribution in [0.25, 0.3) is 0 Å². The van der Waals surface area contributed by atoms with E-state index in [1.807, 2.05) is 32.0 Å². The molecular formula is C19H31N5O2. The van der Waals surface area contributed by atoms with Gasteiger partial charge < -0.3 is 25.2 Å². The van der Waals surface area contributed by atoms with Gasteiger partial charge in [0, 0.05) is 39.3 Å². The van der Waals surface area contributed by atoms with E-state index >= 15 is 0 Å². The van der Waals surface area contributed by atoms with Gasteiger partial charge in [0.1, 0.15) is 12.3 Å². The number of ether oxygens (including phenoxy) is 1. The van der Waals surface area contributed by atoms with Crippen molar-refractivity contribution < 1.29 is 9.53 Å². The van der Waals surface area contributed by atoms with Crippen molar-refractivity contribution >= 4 is 17.6 Å². The van der Waals surface area contributed by atoms with Gasteiger partial charge in [0.15, 0.2) is 5.96 Å². The Morgan fingerprint density at radius 3 is 2.54 bits per heavy atom. The van der Waals surface area contributed by atoms with Crippen LogP contribution in [0.3, 0.4) is 0 Å². The van der Waals surface area contributed by atoms with Gasteiger partial charge in [-0.2, -0.15) is 0 Å². The zero-order valence-corrected chi connectivity index (χ0v) is 16.1. The Bertz CT molecular complexity index is 597. The number of anilines is 1. The number of aliphatic imine (C=N–C) groups is 1. The average Bonchev–Trinajstić information content (AvgIpc) is 2.69. The normalized spacial score (nSPS) is 15.0. The molecule has 0 unspecified atom stereocenters. The minimum Gasteiger partial charge on any atom is -0.495 e. The topological polar surface area (TPSA) is 69.2 Å². The van der Waals surface area contributed by atoms with Crippen molar-refractivity contribution in [3.05, 3.63) is 24.3 Å². The first-order chi connectivity index (χ1) is 12.7. The molecule has 0 spiro atoms. The third-order valence-electron chi connectivity index (χ3n) is 4.28. The van der Waals surface area contributed by atoms with E-state index in [1.54, 1.807) is 7.11 Å². The summed E-state index contributed by atoms with van der Waals surface area (Å²) >= 11 is 0. The molecule has 7 nitrogen and oxygen atoms in total. The number of nitrogens with one attached hydrogen (secondary N) is 2. The molecule has 0 aromatic heterocycles. The monoisotopic (exact) mass is 361 g/mol. The Hall–Kier alpha value is -2.44. The van der Waals surface area contributed by atoms with Gasteiger partial charge in [0.25, 0.3) is 0 Å². The standard InChI is InChI=1S/C19H31N5O2/c1-4-10-21-18(25)15-22-19(20-5-2)24-13-11-23(12-14-24)16-8-6-7-9-17(16)26-3/h6-9H,4-5,10-15H2,1-3H3,(H,20,22)(H,21,25). The van der Waals surface area contributed by atoms with Crippen LogP contribution in [0, 0.1) is 0 Å². The van der Waals surface area contributed by atoms with E-state index in [1.165, 1.54) is 0 Å². The molecule has 0 radical (unpaired) electrons. The highest BCUT2D eigenvalue weighted by Crippen LogP contribution is 2.28. The lowest BCUT2D eigenvalue weighted by Gasteiger charge is -2.38. The third-order valence-corrected chi connectivity index (χ3v) is 4.28. The molecule has 2 N–H and O–H groups in total. The molecular weight excluding hydrogens is 330 g/mol. The first-order valence-corrected chi connectivity index (χ1v) is 9.37. The zero-order valence-electron chi connectivity index (χ0n) is 16.1. The largest absolute Gasteiger partial charge is 0.495 e. The number of piperazine rings is 1. The lowest BCUT2D eigenvalue weighted by molar-refractivity contribution is -0.119. The predicted octanol–water partition coefficient (Wildman–Crippen LogP) is 1.31. The fourth-order valence-electron chi connectivity index (χ4n) is 2.94. The minimum absolute atomic E-state index is 0.0325. The maximum atomic E-state index is 11.8. The summed E-state index contributed by atoms with van der Waals surface area (Å²) in [6, 6.07) is 8.09. The Kier molecular flexibility index (Phi) is 8.05. The maximum Gasteiger partial charge on any atom is 0.241 e. The second-order valence-corrected chi connectivity index (χ2v) is 6.17. The minimum atomic E-state index is -0.0325. The van der Waals surface area contributed by atoms with Crippen LogP contribution in [-0.4, -0.2) is 69.7 Å². The van der Waals surface area contributed by atoms with Crippen molar-refractivity contribution in [1.29, 1.82) is 0 Å². The van der Waals surface area contributed by atoms with E-state index < -0.39 is 0 Å². The molecule has 26 heavy (non-hydrogen) atoms. The van der Waals surface area contributed by atoms with E-state index in [-0.39, 0.29) is 12.5 Å². The summed E-state index contributed by atoms with van der Waals surface area (Å²) in [4.78, 5) is 20.8. The van der Waals surface area contributed by atoms with Gasteiger partial charge in [-0.3, -0.25) is 4.79 Å². The fourth-order valence-corrected chi connectivity index (χ4v) is 2.94. The van der Waals surface area contributed by atoms with Crippen LogP contribution in [0.15, 0.2) is 29.3 Å². The van der Waals surface area contributed by atoms with E-state index in [0.717, 1.165) is 56.5 Å². The fraction of sp³-hybridized carbons (Fsp3) is 0.579. The average molecular weight is 361 g/mol. The first-order valence-electron chi connectivity index (χ1n) is 9.37. The molecule has 1 aromatic rings. The predicted molar refractivity (Wildman–Crippen MR) is 106 cm³/mol. The van der Waals surface area contributed by atoms with E-state index in [2.05, 4.69) is 31.5 Å². The SMILES string of the molecule is CCCNC(=O)CN=C(NCC)N1CCN(c2ccccc2OC)CC1. The van der Waals surface area contributed by atoms with Crippen LogP contribution in [0.4, 0.5) is 5.69 Å². The molecule has 0 bridgehead atoms. The highest BCUT2D eigenvalue weighted by Gasteiger charge is 2.21. The van der Waals surface area contributed by atoms with Gasteiger partial charge in [-0.05, 0) is 25.5 Å². The number of methoxy groups -OCH3 is 1. The number of nitrogens with zero attached hydrogens (tertiary/aromatic N) is 3. The Morgan fingerprint density at radius 2 is 1.88 bits per heavy atom. The highest BCUT2D eigenvalue weighted by atomic mass is 16.5. The molecule has 2 rings (SSSR count). The summed E-state index contributed by atoms with van der Waals surface area (Å²) in [6.07, 6.45) is 0.931. The summed E-state index contributed by atoms with van der Waals surface area (Å²) in [7, 11) is 1.70. The van der Waals surface area contributed by atoms with E-state index in [4.69, 9.17) is 4.74 Å². The number of carbonyl (C=O) groups is 1. The van der Waals surface area contributed by atoms with Crippen LogP contribution >= 0.6 is 0 Å². The summed E-state index contributed by atoms with van der Waals surface area (Å²) in [6.45, 7) is 9.17. The molecule has 1 aliphatic heterocycles. The Balaban J connectivity index is 1.95. The van der Waals surface area contributed by atoms with Crippen LogP contribution in [0.5, 0.6) is 5.75 Å². The number of rotatable bonds is 7. The molecule has 0 atom stereocenters. The summed E-state index contributed by atoms with van der Waals surface area (Å²) in [5.74, 6) is 1.67. The van der Waals surface area contributed by atoms with Crippen molar-refractivity contribution in [3.8, 4) is 5.75 Å². The molecule has 7 heteroatoms. The Morgan fingerprint density at radius 1 is 1.15 bits per heavy atom. The summed E-state index contributed by atoms with van der Waals surface area (Å²) in [5.41, 5.74) is 1.12. The quantitative estimate of drug-likeness (QED) is 0.566. The molecule has 0 aliphatic carbocycles. The molecule has 1 saturated heterocycles. The smallest absolute Gasteiger partial charge is 0.241 e. The summed E-state index contributed by atoms with van der Waals surface area (Å²) < 4.78 is 5.47. The van der Waals surface area contributed by atoms with Gasteiger partial charge in [-0.1, -0.05) is 19.1 Å². The zero-order chi connectivity index (χ0) is 18.8. The molecule has 144 valence electrons. The first kappa shape index (κ1) is 19.9. The molecule has 0 saturated carbocycles. The van der Waals surface area contributed by atoms with Crippen LogP contribution < -0.4 is 20.3 Å². The Labute approximate surface area is 156 Å². The second kappa shape index (κ2) is 10.5. The van der Waals surface area contributed by atoms with Gasteiger partial charge in [-0.15, -0.1) is 0 Å². The van der Waals surface area contributed by atoms with Crippen molar-refractivity contribution in [2.75, 3.05) is 57.8 Å². The van der Waals surface area contributed by atoms with Crippen molar-refractivity contribution in [2.45, 2.75) is 20.3 Å². The van der Waals surface area contributed by atoms with E-state index in [9.17, 15) is 4.79 Å². The second-order valence-electron chi connectivity index (χ2n) is 6.17. The third kappa shape index (κ3) is 5.54. The van der Waals surface area contributed by atoms with E-state index in [0.29, 0.717) is 6.54 Å². The maximum absolute atomic E-state index is 11.8. The molecule has 1 heterocycles. The molecule has 1 fully saturated rings. The van der Waals surface area contributed by atoms with Crippen LogP contribution in [0.2, 0.25) is 0 Å². The number of amides is 1. The van der Waals surface area contributed by atoms with Gasteiger partial charge in [-0.25, -0.2) is 4.99 Å². The molecule has 1 aliphatic rings. The van der Waals surface area contributed by atoms with Crippen molar-refractivity contribution in [2.24, 2.45) is 4.99 Å². The lowest BCUT2D eigenvalue weighted by atomic mass is 10.2. The highest BCUT2D eigenvalue weighted by molar-refractivity contribution is 5.85. The van der Waals surface area contributed by atoms with Crippen molar-refractivity contribution in [3.63, 3.8) is 0 Å². The van der Waals surface area contributed by atoms with Crippen molar-refractivity contribution in [1.82, 2.24) is 15.5 Å². The number of para-hydroxylation sites is 2. The van der Waals surface area contributed by atoms with Gasteiger partial charge in [0.05, 0.1) is 12.8 Å². The number of guanidine groups is 1. The summed E-state index contributed by atoms with van der Waals surface area (Å²) in [5, 5.41) is 6.15. The number of hydrogen-bond donors (Lipinski definition) is 2. The van der Waals surface area contributed by atoms with Crippen LogP contribution in [-0.2, 0) is 4.79 Å². The number of benzene rings is 1. The van der Waals surface area contributed by atoms with Gasteiger partial charge in [0.2, 0.25) is 5.91 Å².